The van der Waals surface area contributed by atoms with Crippen LogP contribution >= 0.6 is 11.8 Å². The van der Waals surface area contributed by atoms with E-state index in [1.54, 1.807) is 10.9 Å². The fourth-order valence-corrected chi connectivity index (χ4v) is 4.14. The summed E-state index contributed by atoms with van der Waals surface area (Å²) >= 11 is 1.33. The van der Waals surface area contributed by atoms with E-state index >= 15 is 0 Å². The van der Waals surface area contributed by atoms with E-state index in [1.807, 2.05) is 30.3 Å². The van der Waals surface area contributed by atoms with Gasteiger partial charge in [0.15, 0.2) is 5.65 Å². The number of carbonyl (C=O) groups excluding carboxylic acids is 1. The summed E-state index contributed by atoms with van der Waals surface area (Å²) in [5, 5.41) is 18.2. The Morgan fingerprint density at radius 3 is 2.78 bits per heavy atom. The number of fused-ring (bicyclic) bond motifs is 1. The van der Waals surface area contributed by atoms with Crippen molar-refractivity contribution < 1.29 is 4.79 Å². The Morgan fingerprint density at radius 2 is 2.04 bits per heavy atom. The third kappa shape index (κ3) is 3.51. The van der Waals surface area contributed by atoms with Crippen molar-refractivity contribution in [3.05, 3.63) is 42.9 Å². The number of benzene rings is 1. The van der Waals surface area contributed by atoms with Crippen molar-refractivity contribution in [3.63, 3.8) is 0 Å². The average Bonchev–Trinajstić information content (AvgIpc) is 3.35. The van der Waals surface area contributed by atoms with Gasteiger partial charge in [-0.2, -0.15) is 10.4 Å². The highest BCUT2D eigenvalue weighted by Crippen LogP contribution is 2.30. The molecule has 0 unspecified atom stereocenters. The molecule has 1 fully saturated rings. The molecule has 2 aromatic heterocycles. The van der Waals surface area contributed by atoms with Gasteiger partial charge in [0.1, 0.15) is 16.9 Å². The Hall–Kier alpha value is -2.92. The van der Waals surface area contributed by atoms with Crippen LogP contribution in [0.4, 0.5) is 0 Å². The van der Waals surface area contributed by atoms with E-state index in [9.17, 15) is 10.1 Å². The van der Waals surface area contributed by atoms with Crippen molar-refractivity contribution in [1.82, 2.24) is 25.1 Å². The van der Waals surface area contributed by atoms with Gasteiger partial charge >= 0.3 is 0 Å². The van der Waals surface area contributed by atoms with Gasteiger partial charge in [0.05, 0.1) is 29.1 Å². The first-order valence-electron chi connectivity index (χ1n) is 8.80. The van der Waals surface area contributed by atoms with E-state index in [2.05, 4.69) is 26.5 Å². The molecule has 1 aliphatic carbocycles. The van der Waals surface area contributed by atoms with Crippen LogP contribution in [0.5, 0.6) is 0 Å². The highest BCUT2D eigenvalue weighted by Gasteiger charge is 2.35. The molecule has 0 radical (unpaired) electrons. The van der Waals surface area contributed by atoms with Crippen molar-refractivity contribution in [3.8, 4) is 11.8 Å². The number of para-hydroxylation sites is 1. The zero-order valence-electron chi connectivity index (χ0n) is 14.6. The van der Waals surface area contributed by atoms with E-state index in [4.69, 9.17) is 0 Å². The maximum atomic E-state index is 12.4. The Morgan fingerprint density at radius 1 is 1.26 bits per heavy atom. The second kappa shape index (κ2) is 7.37. The molecule has 7 nitrogen and oxygen atoms in total. The van der Waals surface area contributed by atoms with Crippen LogP contribution < -0.4 is 5.32 Å². The summed E-state index contributed by atoms with van der Waals surface area (Å²) < 4.78 is 1.75. The first-order valence-corrected chi connectivity index (χ1v) is 9.79. The highest BCUT2D eigenvalue weighted by molar-refractivity contribution is 8.00. The maximum absolute atomic E-state index is 12.4. The van der Waals surface area contributed by atoms with Crippen molar-refractivity contribution in [2.45, 2.75) is 36.2 Å². The van der Waals surface area contributed by atoms with Crippen LogP contribution in [0.1, 0.15) is 25.7 Å². The van der Waals surface area contributed by atoms with Gasteiger partial charge in [-0.25, -0.2) is 14.6 Å². The van der Waals surface area contributed by atoms with E-state index in [-0.39, 0.29) is 11.7 Å². The number of hydrogen-bond acceptors (Lipinski definition) is 6. The molecule has 27 heavy (non-hydrogen) atoms. The van der Waals surface area contributed by atoms with Crippen LogP contribution in [0.25, 0.3) is 16.7 Å². The van der Waals surface area contributed by atoms with Crippen molar-refractivity contribution >= 4 is 28.7 Å². The number of aromatic nitrogens is 4. The predicted molar refractivity (Wildman–Crippen MR) is 102 cm³/mol. The molecule has 8 heteroatoms. The monoisotopic (exact) mass is 378 g/mol. The van der Waals surface area contributed by atoms with Crippen molar-refractivity contribution in [2.24, 2.45) is 0 Å². The molecule has 0 spiro atoms. The molecule has 0 bridgehead atoms. The van der Waals surface area contributed by atoms with Crippen LogP contribution in [-0.2, 0) is 4.79 Å². The lowest BCUT2D eigenvalue weighted by Crippen LogP contribution is -2.45. The molecule has 1 N–H and O–H groups in total. The van der Waals surface area contributed by atoms with Gasteiger partial charge in [0.2, 0.25) is 5.91 Å². The molecule has 0 saturated heterocycles. The minimum absolute atomic E-state index is 0.148. The van der Waals surface area contributed by atoms with Crippen LogP contribution in [0.2, 0.25) is 0 Å². The normalized spacial score (nSPS) is 15.5. The second-order valence-electron chi connectivity index (χ2n) is 6.55. The van der Waals surface area contributed by atoms with Crippen LogP contribution in [0.3, 0.4) is 0 Å². The molecule has 136 valence electrons. The van der Waals surface area contributed by atoms with Gasteiger partial charge in [0.25, 0.3) is 0 Å². The van der Waals surface area contributed by atoms with Gasteiger partial charge in [-0.05, 0) is 37.8 Å². The SMILES string of the molecule is N#CC1(NC(=O)CSc2ncnc3c2cnn3-c2ccccc2)CCCC1. The third-order valence-corrected chi connectivity index (χ3v) is 5.73. The molecular weight excluding hydrogens is 360 g/mol. The first-order chi connectivity index (χ1) is 13.2. The summed E-state index contributed by atoms with van der Waals surface area (Å²) in [6, 6.07) is 12.0. The van der Waals surface area contributed by atoms with E-state index in [0.717, 1.165) is 36.8 Å². The topological polar surface area (TPSA) is 96.5 Å². The summed E-state index contributed by atoms with van der Waals surface area (Å²) in [7, 11) is 0. The minimum atomic E-state index is -0.698. The van der Waals surface area contributed by atoms with Crippen LogP contribution in [0, 0.1) is 11.3 Å². The van der Waals surface area contributed by atoms with Crippen LogP contribution in [-0.4, -0.2) is 36.9 Å². The van der Waals surface area contributed by atoms with Crippen LogP contribution in [0.15, 0.2) is 47.9 Å². The zero-order chi connectivity index (χ0) is 18.7. The number of rotatable bonds is 5. The Bertz CT molecular complexity index is 1000. The molecule has 2 heterocycles. The Labute approximate surface area is 160 Å². The zero-order valence-corrected chi connectivity index (χ0v) is 15.4. The number of hydrogen-bond donors (Lipinski definition) is 1. The number of nitrogens with one attached hydrogen (secondary N) is 1. The Balaban J connectivity index is 1.51. The van der Waals surface area contributed by atoms with Gasteiger partial charge < -0.3 is 5.32 Å². The number of nitrogens with zero attached hydrogens (tertiary/aromatic N) is 5. The summed E-state index contributed by atoms with van der Waals surface area (Å²) in [6.45, 7) is 0. The van der Waals surface area contributed by atoms with E-state index < -0.39 is 5.54 Å². The molecule has 1 aromatic carbocycles. The number of carbonyl (C=O) groups is 1. The first kappa shape index (κ1) is 17.5. The minimum Gasteiger partial charge on any atom is -0.337 e. The lowest BCUT2D eigenvalue weighted by Gasteiger charge is -2.21. The predicted octanol–water partition coefficient (Wildman–Crippen LogP) is 2.86. The summed E-state index contributed by atoms with van der Waals surface area (Å²) in [6.07, 6.45) is 6.61. The molecule has 1 aliphatic rings. The van der Waals surface area contributed by atoms with E-state index in [1.165, 1.54) is 18.1 Å². The molecule has 0 aliphatic heterocycles. The molecule has 4 rings (SSSR count). The molecule has 1 saturated carbocycles. The van der Waals surface area contributed by atoms with Gasteiger partial charge in [-0.1, -0.05) is 30.0 Å². The molecule has 0 atom stereocenters. The third-order valence-electron chi connectivity index (χ3n) is 4.72. The number of amides is 1. The summed E-state index contributed by atoms with van der Waals surface area (Å²) in [5.41, 5.74) is 0.914. The quantitative estimate of drug-likeness (QED) is 0.542. The lowest BCUT2D eigenvalue weighted by atomic mass is 10.0. The molecule has 3 aromatic rings. The standard InChI is InChI=1S/C19H18N6OS/c20-12-19(8-4-5-9-19)24-16(26)11-27-18-15-10-23-25(17(15)21-13-22-18)14-6-2-1-3-7-14/h1-3,6-7,10,13H,4-5,8-9,11H2,(H,24,26). The van der Waals surface area contributed by atoms with Crippen molar-refractivity contribution in [2.75, 3.05) is 5.75 Å². The summed E-state index contributed by atoms with van der Waals surface area (Å²) in [5.74, 6) is 0.0529. The largest absolute Gasteiger partial charge is 0.337 e. The van der Waals surface area contributed by atoms with Gasteiger partial charge in [-0.3, -0.25) is 4.79 Å². The molecule has 1 amide bonds. The average molecular weight is 378 g/mol. The Kier molecular flexibility index (Phi) is 4.77. The lowest BCUT2D eigenvalue weighted by molar-refractivity contribution is -0.119. The van der Waals surface area contributed by atoms with Gasteiger partial charge in [0, 0.05) is 0 Å². The molecular formula is C19H18N6OS. The maximum Gasteiger partial charge on any atom is 0.231 e. The fraction of sp³-hybridized carbons (Fsp3) is 0.316. The van der Waals surface area contributed by atoms with E-state index in [0.29, 0.717) is 10.7 Å². The number of thioether (sulfide) groups is 1. The smallest absolute Gasteiger partial charge is 0.231 e. The second-order valence-corrected chi connectivity index (χ2v) is 7.51. The number of nitriles is 1. The fourth-order valence-electron chi connectivity index (χ4n) is 3.38. The highest BCUT2D eigenvalue weighted by atomic mass is 32.2. The van der Waals surface area contributed by atoms with Crippen molar-refractivity contribution in [1.29, 1.82) is 5.26 Å². The van der Waals surface area contributed by atoms with Gasteiger partial charge in [-0.15, -0.1) is 0 Å². The summed E-state index contributed by atoms with van der Waals surface area (Å²) in [4.78, 5) is 21.0.